The van der Waals surface area contributed by atoms with Crippen molar-refractivity contribution in [1.82, 2.24) is 4.98 Å². The predicted molar refractivity (Wildman–Crippen MR) is 91.0 cm³/mol. The number of H-pyrrole nitrogens is 1. The van der Waals surface area contributed by atoms with Crippen molar-refractivity contribution in [2.45, 2.75) is 0 Å². The van der Waals surface area contributed by atoms with Gasteiger partial charge in [0.25, 0.3) is 0 Å². The minimum absolute atomic E-state index is 0.928. The molecular weight excluding hydrogens is 270 g/mol. The van der Waals surface area contributed by atoms with Gasteiger partial charge >= 0.3 is 0 Å². The number of nitrogens with one attached hydrogen (secondary N) is 1. The third-order valence-electron chi connectivity index (χ3n) is 4.22. The second-order valence-electron chi connectivity index (χ2n) is 5.55. The van der Waals surface area contributed by atoms with Crippen LogP contribution in [0, 0.1) is 0 Å². The van der Waals surface area contributed by atoms with E-state index in [1.54, 1.807) is 0 Å². The Labute approximate surface area is 127 Å². The fraction of sp³-hybridized carbons (Fsp3) is 0. The number of aromatic nitrogens is 1. The first-order valence-electron chi connectivity index (χ1n) is 7.38. The summed E-state index contributed by atoms with van der Waals surface area (Å²) in [6.45, 7) is 0. The summed E-state index contributed by atoms with van der Waals surface area (Å²) in [5.41, 5.74) is 5.32. The van der Waals surface area contributed by atoms with E-state index in [1.807, 2.05) is 24.3 Å². The molecule has 0 radical (unpaired) electrons. The van der Waals surface area contributed by atoms with Gasteiger partial charge in [-0.1, -0.05) is 48.5 Å². The molecule has 3 aromatic carbocycles. The molecule has 22 heavy (non-hydrogen) atoms. The lowest BCUT2D eigenvalue weighted by Gasteiger charge is -2.00. The quantitative estimate of drug-likeness (QED) is 0.418. The molecule has 0 spiro atoms. The molecular formula is C20H13NO. The minimum atomic E-state index is 0.928. The smallest absolute Gasteiger partial charge is 0.136 e. The highest BCUT2D eigenvalue weighted by Gasteiger charge is 2.13. The molecule has 2 aromatic heterocycles. The summed E-state index contributed by atoms with van der Waals surface area (Å²) in [6, 6.07) is 25.0. The zero-order valence-corrected chi connectivity index (χ0v) is 11.8. The van der Waals surface area contributed by atoms with Crippen LogP contribution in [0.4, 0.5) is 0 Å². The van der Waals surface area contributed by atoms with Crippen molar-refractivity contribution in [2.75, 3.05) is 0 Å². The second kappa shape index (κ2) is 4.25. The number of furan rings is 1. The molecule has 5 aromatic rings. The summed E-state index contributed by atoms with van der Waals surface area (Å²) in [4.78, 5) is 3.52. The summed E-state index contributed by atoms with van der Waals surface area (Å²) < 4.78 is 5.97. The molecule has 0 amide bonds. The lowest BCUT2D eigenvalue weighted by atomic mass is 10.0. The first-order valence-corrected chi connectivity index (χ1v) is 7.38. The van der Waals surface area contributed by atoms with Gasteiger partial charge in [0, 0.05) is 32.9 Å². The first-order chi connectivity index (χ1) is 10.9. The molecule has 0 saturated heterocycles. The predicted octanol–water partition coefficient (Wildman–Crippen LogP) is 5.73. The Hall–Kier alpha value is -3.00. The van der Waals surface area contributed by atoms with Crippen LogP contribution in [0.3, 0.4) is 0 Å². The van der Waals surface area contributed by atoms with Crippen LogP contribution in [0.1, 0.15) is 0 Å². The van der Waals surface area contributed by atoms with Crippen molar-refractivity contribution in [3.05, 3.63) is 72.8 Å². The van der Waals surface area contributed by atoms with Crippen LogP contribution < -0.4 is 0 Å². The van der Waals surface area contributed by atoms with Gasteiger partial charge in [0.05, 0.1) is 0 Å². The Morgan fingerprint density at radius 3 is 2.50 bits per heavy atom. The summed E-state index contributed by atoms with van der Waals surface area (Å²) in [7, 11) is 0. The Morgan fingerprint density at radius 2 is 1.55 bits per heavy atom. The first kappa shape index (κ1) is 11.6. The Balaban J connectivity index is 1.90. The SMILES string of the molecule is c1ccc2[nH]c(-c3cccc4oc5ccccc5c34)cc2c1. The van der Waals surface area contributed by atoms with Crippen molar-refractivity contribution >= 4 is 32.8 Å². The molecule has 0 aliphatic rings. The number of para-hydroxylation sites is 2. The van der Waals surface area contributed by atoms with Crippen molar-refractivity contribution in [1.29, 1.82) is 0 Å². The van der Waals surface area contributed by atoms with Gasteiger partial charge in [0.15, 0.2) is 0 Å². The minimum Gasteiger partial charge on any atom is -0.456 e. The van der Waals surface area contributed by atoms with Gasteiger partial charge in [0.2, 0.25) is 0 Å². The van der Waals surface area contributed by atoms with Crippen LogP contribution in [-0.2, 0) is 0 Å². The third kappa shape index (κ3) is 1.55. The Bertz CT molecular complexity index is 1100. The lowest BCUT2D eigenvalue weighted by molar-refractivity contribution is 0.669. The maximum atomic E-state index is 5.97. The Morgan fingerprint density at radius 1 is 0.727 bits per heavy atom. The molecule has 5 rings (SSSR count). The number of fused-ring (bicyclic) bond motifs is 4. The van der Waals surface area contributed by atoms with Crippen LogP contribution in [0.2, 0.25) is 0 Å². The maximum absolute atomic E-state index is 5.97. The van der Waals surface area contributed by atoms with Crippen LogP contribution in [0.5, 0.6) is 0 Å². The van der Waals surface area contributed by atoms with Crippen molar-refractivity contribution in [3.8, 4) is 11.3 Å². The van der Waals surface area contributed by atoms with E-state index in [9.17, 15) is 0 Å². The van der Waals surface area contributed by atoms with E-state index in [-0.39, 0.29) is 0 Å². The average molecular weight is 283 g/mol. The van der Waals surface area contributed by atoms with Crippen molar-refractivity contribution in [2.24, 2.45) is 0 Å². The number of hydrogen-bond donors (Lipinski definition) is 1. The second-order valence-corrected chi connectivity index (χ2v) is 5.55. The van der Waals surface area contributed by atoms with Crippen LogP contribution in [0.25, 0.3) is 44.1 Å². The van der Waals surface area contributed by atoms with Gasteiger partial charge in [-0.05, 0) is 24.3 Å². The molecule has 0 unspecified atom stereocenters. The van der Waals surface area contributed by atoms with E-state index >= 15 is 0 Å². The van der Waals surface area contributed by atoms with Crippen molar-refractivity contribution in [3.63, 3.8) is 0 Å². The molecule has 1 N–H and O–H groups in total. The highest BCUT2D eigenvalue weighted by molar-refractivity contribution is 6.12. The van der Waals surface area contributed by atoms with E-state index in [4.69, 9.17) is 4.42 Å². The molecule has 0 fully saturated rings. The van der Waals surface area contributed by atoms with Crippen LogP contribution >= 0.6 is 0 Å². The monoisotopic (exact) mass is 283 g/mol. The fourth-order valence-corrected chi connectivity index (χ4v) is 3.22. The number of benzene rings is 3. The number of aromatic amines is 1. The van der Waals surface area contributed by atoms with E-state index in [2.05, 4.69) is 53.5 Å². The van der Waals surface area contributed by atoms with Gasteiger partial charge in [-0.3, -0.25) is 0 Å². The van der Waals surface area contributed by atoms with Gasteiger partial charge in [0.1, 0.15) is 11.2 Å². The molecule has 0 atom stereocenters. The van der Waals surface area contributed by atoms with Crippen LogP contribution in [-0.4, -0.2) is 4.98 Å². The third-order valence-corrected chi connectivity index (χ3v) is 4.22. The fourth-order valence-electron chi connectivity index (χ4n) is 3.22. The summed E-state index contributed by atoms with van der Waals surface area (Å²) >= 11 is 0. The van der Waals surface area contributed by atoms with Gasteiger partial charge in [-0.2, -0.15) is 0 Å². The standard InChI is InChI=1S/C20H13NO/c1-3-9-16-13(6-1)12-17(21-16)14-8-5-11-19-20(14)15-7-2-4-10-18(15)22-19/h1-12,21H. The maximum Gasteiger partial charge on any atom is 0.136 e. The highest BCUT2D eigenvalue weighted by Crippen LogP contribution is 2.36. The summed E-state index contributed by atoms with van der Waals surface area (Å²) in [5, 5.41) is 3.55. The molecule has 104 valence electrons. The zero-order valence-electron chi connectivity index (χ0n) is 11.8. The molecule has 2 heteroatoms. The van der Waals surface area contributed by atoms with Gasteiger partial charge in [-0.25, -0.2) is 0 Å². The van der Waals surface area contributed by atoms with Crippen molar-refractivity contribution < 1.29 is 4.42 Å². The summed E-state index contributed by atoms with van der Waals surface area (Å²) in [6.07, 6.45) is 0. The summed E-state index contributed by atoms with van der Waals surface area (Å²) in [5.74, 6) is 0. The molecule has 0 bridgehead atoms. The molecule has 2 heterocycles. The molecule has 2 nitrogen and oxygen atoms in total. The Kier molecular flexibility index (Phi) is 2.25. The molecule has 0 aliphatic heterocycles. The zero-order chi connectivity index (χ0) is 14.5. The van der Waals surface area contributed by atoms with E-state index in [0.29, 0.717) is 0 Å². The van der Waals surface area contributed by atoms with Gasteiger partial charge in [-0.15, -0.1) is 0 Å². The lowest BCUT2D eigenvalue weighted by Crippen LogP contribution is -1.78. The molecule has 0 saturated carbocycles. The normalized spacial score (nSPS) is 11.6. The average Bonchev–Trinajstić information content (AvgIpc) is 3.15. The largest absolute Gasteiger partial charge is 0.456 e. The topological polar surface area (TPSA) is 28.9 Å². The van der Waals surface area contributed by atoms with Gasteiger partial charge < -0.3 is 9.40 Å². The van der Waals surface area contributed by atoms with Crippen LogP contribution in [0.15, 0.2) is 77.2 Å². The van der Waals surface area contributed by atoms with E-state index in [0.717, 1.165) is 27.8 Å². The highest BCUT2D eigenvalue weighted by atomic mass is 16.3. The molecule has 0 aliphatic carbocycles. The number of rotatable bonds is 1. The van der Waals surface area contributed by atoms with E-state index in [1.165, 1.54) is 16.3 Å². The van der Waals surface area contributed by atoms with E-state index < -0.39 is 0 Å². The number of hydrogen-bond acceptors (Lipinski definition) is 1.